The summed E-state index contributed by atoms with van der Waals surface area (Å²) in [7, 11) is 0. The van der Waals surface area contributed by atoms with E-state index in [1.165, 1.54) is 24.8 Å². The van der Waals surface area contributed by atoms with E-state index in [1.807, 2.05) is 0 Å². The Hall–Kier alpha value is -1.11. The highest BCUT2D eigenvalue weighted by atomic mass is 16.1. The predicted molar refractivity (Wildman–Crippen MR) is 67.1 cm³/mol. The lowest BCUT2D eigenvalue weighted by Gasteiger charge is -1.99. The lowest BCUT2D eigenvalue weighted by Crippen LogP contribution is -2.03. The lowest BCUT2D eigenvalue weighted by molar-refractivity contribution is -0.119. The van der Waals surface area contributed by atoms with Crippen LogP contribution in [0.3, 0.4) is 0 Å². The average molecular weight is 216 g/mol. The van der Waals surface area contributed by atoms with Crippen molar-refractivity contribution in [2.75, 3.05) is 0 Å². The Morgan fingerprint density at radius 2 is 2.25 bits per heavy atom. The minimum Gasteiger partial charge on any atom is -0.299 e. The normalized spacial score (nSPS) is 30.1. The molecule has 0 radical (unpaired) electrons. The molecule has 0 aromatic heterocycles. The van der Waals surface area contributed by atoms with Gasteiger partial charge in [-0.3, -0.25) is 4.79 Å². The Kier molecular flexibility index (Phi) is 3.76. The van der Waals surface area contributed by atoms with Crippen molar-refractivity contribution in [1.29, 1.82) is 0 Å². The molecule has 16 heavy (non-hydrogen) atoms. The zero-order valence-corrected chi connectivity index (χ0v) is 9.99. The third-order valence-electron chi connectivity index (χ3n) is 3.49. The fourth-order valence-corrected chi connectivity index (χ4v) is 2.54. The molecule has 0 heterocycles. The van der Waals surface area contributed by atoms with Crippen LogP contribution < -0.4 is 0 Å². The number of carbonyl (C=O) groups excluding carboxylic acids is 1. The zero-order valence-electron chi connectivity index (χ0n) is 9.99. The quantitative estimate of drug-likeness (QED) is 0.504. The van der Waals surface area contributed by atoms with Crippen molar-refractivity contribution in [1.82, 2.24) is 0 Å². The first kappa shape index (κ1) is 11.4. The van der Waals surface area contributed by atoms with Crippen molar-refractivity contribution in [3.63, 3.8) is 0 Å². The van der Waals surface area contributed by atoms with Crippen LogP contribution in [0.4, 0.5) is 0 Å². The Morgan fingerprint density at radius 3 is 2.88 bits per heavy atom. The summed E-state index contributed by atoms with van der Waals surface area (Å²) in [6.45, 7) is 2.22. The van der Waals surface area contributed by atoms with Crippen molar-refractivity contribution >= 4 is 5.78 Å². The van der Waals surface area contributed by atoms with E-state index in [4.69, 9.17) is 0 Å². The highest BCUT2D eigenvalue weighted by Gasteiger charge is 2.38. The summed E-state index contributed by atoms with van der Waals surface area (Å²) in [6, 6.07) is 0. The van der Waals surface area contributed by atoms with Gasteiger partial charge in [0.25, 0.3) is 0 Å². The fraction of sp³-hybridized carbons (Fsp3) is 0.533. The van der Waals surface area contributed by atoms with E-state index in [2.05, 4.69) is 37.3 Å². The van der Waals surface area contributed by atoms with Gasteiger partial charge in [0.2, 0.25) is 0 Å². The van der Waals surface area contributed by atoms with Gasteiger partial charge in [0.05, 0.1) is 5.92 Å². The number of ketones is 1. The van der Waals surface area contributed by atoms with Crippen molar-refractivity contribution in [3.8, 4) is 0 Å². The Balaban J connectivity index is 1.83. The number of rotatable bonds is 5. The van der Waals surface area contributed by atoms with Crippen LogP contribution in [0.1, 0.15) is 39.0 Å². The summed E-state index contributed by atoms with van der Waals surface area (Å²) in [5.41, 5.74) is 1.32. The second-order valence-corrected chi connectivity index (χ2v) is 4.73. The Labute approximate surface area is 97.9 Å². The molecule has 0 aromatic carbocycles. The molecule has 0 saturated heterocycles. The second-order valence-electron chi connectivity index (χ2n) is 4.73. The summed E-state index contributed by atoms with van der Waals surface area (Å²) in [6.07, 6.45) is 16.5. The van der Waals surface area contributed by atoms with Crippen LogP contribution in [0.2, 0.25) is 0 Å². The van der Waals surface area contributed by atoms with Crippen LogP contribution in [0.25, 0.3) is 0 Å². The van der Waals surface area contributed by atoms with E-state index >= 15 is 0 Å². The number of unbranched alkanes of at least 4 members (excludes halogenated alkanes) is 3. The fourth-order valence-electron chi connectivity index (χ4n) is 2.54. The molecular formula is C15H20O. The lowest BCUT2D eigenvalue weighted by atomic mass is 10.0. The van der Waals surface area contributed by atoms with Crippen LogP contribution in [0.5, 0.6) is 0 Å². The van der Waals surface area contributed by atoms with Gasteiger partial charge in [-0.25, -0.2) is 0 Å². The molecule has 0 aromatic rings. The number of fused-ring (bicyclic) bond motifs is 2. The molecule has 2 aliphatic carbocycles. The van der Waals surface area contributed by atoms with E-state index in [0.29, 0.717) is 11.7 Å². The average Bonchev–Trinajstić information content (AvgIpc) is 2.79. The zero-order chi connectivity index (χ0) is 11.4. The third-order valence-corrected chi connectivity index (χ3v) is 3.49. The maximum atomic E-state index is 11.5. The van der Waals surface area contributed by atoms with Crippen molar-refractivity contribution in [3.05, 3.63) is 36.0 Å². The molecule has 2 atom stereocenters. The van der Waals surface area contributed by atoms with Crippen LogP contribution in [-0.2, 0) is 4.79 Å². The largest absolute Gasteiger partial charge is 0.299 e. The number of carbonyl (C=O) groups is 1. The van der Waals surface area contributed by atoms with Gasteiger partial charge in [-0.2, -0.15) is 0 Å². The smallest absolute Gasteiger partial charge is 0.144 e. The van der Waals surface area contributed by atoms with Crippen LogP contribution in [0.15, 0.2) is 36.0 Å². The molecule has 1 heteroatoms. The summed E-state index contributed by atoms with van der Waals surface area (Å²) in [4.78, 5) is 11.5. The van der Waals surface area contributed by atoms with Gasteiger partial charge < -0.3 is 0 Å². The first-order valence-corrected chi connectivity index (χ1v) is 6.40. The molecule has 0 spiro atoms. The van der Waals surface area contributed by atoms with Crippen LogP contribution in [0, 0.1) is 11.8 Å². The SMILES string of the molecule is CCCCCC=CC=C1C2C=CC1C(=O)C2. The van der Waals surface area contributed by atoms with E-state index < -0.39 is 0 Å². The number of hydrogen-bond acceptors (Lipinski definition) is 1. The van der Waals surface area contributed by atoms with Gasteiger partial charge in [0, 0.05) is 12.3 Å². The first-order valence-electron chi connectivity index (χ1n) is 6.40. The molecule has 0 aliphatic heterocycles. The van der Waals surface area contributed by atoms with Crippen molar-refractivity contribution in [2.45, 2.75) is 39.0 Å². The summed E-state index contributed by atoms with van der Waals surface area (Å²) < 4.78 is 0. The van der Waals surface area contributed by atoms with Gasteiger partial charge in [0.15, 0.2) is 0 Å². The van der Waals surface area contributed by atoms with Gasteiger partial charge in [-0.15, -0.1) is 0 Å². The molecular weight excluding hydrogens is 196 g/mol. The highest BCUT2D eigenvalue weighted by Crippen LogP contribution is 2.41. The minimum absolute atomic E-state index is 0.116. The van der Waals surface area contributed by atoms with E-state index in [0.717, 1.165) is 12.8 Å². The molecule has 0 amide bonds. The Morgan fingerprint density at radius 1 is 1.38 bits per heavy atom. The summed E-state index contributed by atoms with van der Waals surface area (Å²) in [5.74, 6) is 0.932. The molecule has 86 valence electrons. The number of allylic oxidation sites excluding steroid dienone is 6. The molecule has 1 fully saturated rings. The standard InChI is InChI=1S/C15H20O/c1-2-3-4-5-6-7-8-13-12-9-10-14(13)15(16)11-12/h6-10,12,14H,2-5,11H2,1H3. The minimum atomic E-state index is 0.116. The molecule has 2 rings (SSSR count). The van der Waals surface area contributed by atoms with E-state index in [9.17, 15) is 4.79 Å². The van der Waals surface area contributed by atoms with E-state index in [-0.39, 0.29) is 5.92 Å². The summed E-state index contributed by atoms with van der Waals surface area (Å²) in [5, 5.41) is 0. The topological polar surface area (TPSA) is 17.1 Å². The molecule has 0 N–H and O–H groups in total. The van der Waals surface area contributed by atoms with Gasteiger partial charge in [-0.1, -0.05) is 50.1 Å². The highest BCUT2D eigenvalue weighted by molar-refractivity contribution is 5.91. The second kappa shape index (κ2) is 5.29. The Bertz CT molecular complexity index is 346. The van der Waals surface area contributed by atoms with Crippen LogP contribution >= 0.6 is 0 Å². The maximum Gasteiger partial charge on any atom is 0.144 e. The first-order chi connectivity index (χ1) is 7.83. The molecule has 2 bridgehead atoms. The summed E-state index contributed by atoms with van der Waals surface area (Å²) >= 11 is 0. The van der Waals surface area contributed by atoms with Gasteiger partial charge in [-0.05, 0) is 18.4 Å². The van der Waals surface area contributed by atoms with Crippen molar-refractivity contribution in [2.24, 2.45) is 11.8 Å². The monoisotopic (exact) mass is 216 g/mol. The number of Topliss-reactive ketones (excluding diaryl/α,β-unsaturated/α-hetero) is 1. The van der Waals surface area contributed by atoms with E-state index in [1.54, 1.807) is 0 Å². The maximum absolute atomic E-state index is 11.5. The predicted octanol–water partition coefficient (Wildman–Crippen LogP) is 3.82. The van der Waals surface area contributed by atoms with Gasteiger partial charge in [0.1, 0.15) is 5.78 Å². The molecule has 2 aliphatic rings. The molecule has 2 unspecified atom stereocenters. The number of hydrogen-bond donors (Lipinski definition) is 0. The van der Waals surface area contributed by atoms with Gasteiger partial charge >= 0.3 is 0 Å². The molecule has 1 nitrogen and oxygen atoms in total. The molecule has 1 saturated carbocycles. The van der Waals surface area contributed by atoms with Crippen molar-refractivity contribution < 1.29 is 4.79 Å². The third kappa shape index (κ3) is 2.34. The van der Waals surface area contributed by atoms with Crippen LogP contribution in [-0.4, -0.2) is 5.78 Å².